The highest BCUT2D eigenvalue weighted by molar-refractivity contribution is 5.99. The minimum absolute atomic E-state index is 0.980. The van der Waals surface area contributed by atoms with Gasteiger partial charge in [-0.05, 0) is 47.5 Å². The second-order valence-corrected chi connectivity index (χ2v) is 6.57. The van der Waals surface area contributed by atoms with Crippen molar-refractivity contribution in [3.05, 3.63) is 96.6 Å². The number of rotatable bonds is 2. The Kier molecular flexibility index (Phi) is 3.36. The second-order valence-electron chi connectivity index (χ2n) is 6.57. The van der Waals surface area contributed by atoms with Crippen molar-refractivity contribution in [2.24, 2.45) is 0 Å². The quantitative estimate of drug-likeness (QED) is 0.378. The van der Waals surface area contributed by atoms with Crippen LogP contribution in [-0.2, 0) is 0 Å². The molecule has 0 saturated heterocycles. The van der Waals surface area contributed by atoms with E-state index in [1.165, 1.54) is 16.3 Å². The third-order valence-electron chi connectivity index (χ3n) is 4.96. The molecule has 0 atom stereocenters. The summed E-state index contributed by atoms with van der Waals surface area (Å²) in [6.07, 6.45) is 0. The van der Waals surface area contributed by atoms with Crippen LogP contribution in [0.1, 0.15) is 5.56 Å². The molecule has 1 heterocycles. The fourth-order valence-electron chi connectivity index (χ4n) is 3.69. The SMILES string of the molecule is Cc1ccc(-c2nc3ccccc3n2-c2ccccc2)c2ccccc12. The van der Waals surface area contributed by atoms with Crippen LogP contribution in [0.4, 0.5) is 0 Å². The van der Waals surface area contributed by atoms with Crippen molar-refractivity contribution >= 4 is 21.8 Å². The van der Waals surface area contributed by atoms with Crippen LogP contribution in [0.3, 0.4) is 0 Å². The molecular weight excluding hydrogens is 316 g/mol. The van der Waals surface area contributed by atoms with Gasteiger partial charge in [0.25, 0.3) is 0 Å². The summed E-state index contributed by atoms with van der Waals surface area (Å²) in [5.41, 5.74) is 5.70. The van der Waals surface area contributed by atoms with Crippen LogP contribution in [0.5, 0.6) is 0 Å². The van der Waals surface area contributed by atoms with Crippen molar-refractivity contribution in [1.82, 2.24) is 9.55 Å². The molecule has 5 aromatic rings. The van der Waals surface area contributed by atoms with Gasteiger partial charge in [-0.25, -0.2) is 4.98 Å². The lowest BCUT2D eigenvalue weighted by Crippen LogP contribution is -1.98. The number of nitrogens with zero attached hydrogens (tertiary/aromatic N) is 2. The fraction of sp³-hybridized carbons (Fsp3) is 0.0417. The molecule has 0 spiro atoms. The summed E-state index contributed by atoms with van der Waals surface area (Å²) >= 11 is 0. The van der Waals surface area contributed by atoms with Crippen molar-refractivity contribution < 1.29 is 0 Å². The van der Waals surface area contributed by atoms with E-state index in [1.54, 1.807) is 0 Å². The van der Waals surface area contributed by atoms with Gasteiger partial charge < -0.3 is 0 Å². The first-order chi connectivity index (χ1) is 12.8. The summed E-state index contributed by atoms with van der Waals surface area (Å²) in [4.78, 5) is 5.00. The van der Waals surface area contributed by atoms with E-state index in [4.69, 9.17) is 4.98 Å². The van der Waals surface area contributed by atoms with Crippen molar-refractivity contribution in [1.29, 1.82) is 0 Å². The number of para-hydroxylation sites is 3. The van der Waals surface area contributed by atoms with Crippen molar-refractivity contribution in [3.63, 3.8) is 0 Å². The Morgan fingerprint density at radius 2 is 1.35 bits per heavy atom. The lowest BCUT2D eigenvalue weighted by atomic mass is 10.00. The third-order valence-corrected chi connectivity index (χ3v) is 4.96. The van der Waals surface area contributed by atoms with Gasteiger partial charge in [-0.3, -0.25) is 4.57 Å². The van der Waals surface area contributed by atoms with E-state index in [0.717, 1.165) is 28.1 Å². The molecule has 0 bridgehead atoms. The zero-order chi connectivity index (χ0) is 17.5. The van der Waals surface area contributed by atoms with E-state index >= 15 is 0 Å². The first kappa shape index (κ1) is 14.9. The van der Waals surface area contributed by atoms with Gasteiger partial charge in [-0.2, -0.15) is 0 Å². The molecular formula is C24H18N2. The highest BCUT2D eigenvalue weighted by Crippen LogP contribution is 2.34. The predicted octanol–water partition coefficient (Wildman–Crippen LogP) is 6.15. The van der Waals surface area contributed by atoms with Gasteiger partial charge in [0.05, 0.1) is 11.0 Å². The van der Waals surface area contributed by atoms with E-state index in [9.17, 15) is 0 Å². The maximum absolute atomic E-state index is 5.00. The zero-order valence-corrected chi connectivity index (χ0v) is 14.6. The summed E-state index contributed by atoms with van der Waals surface area (Å²) in [5.74, 6) is 0.980. The summed E-state index contributed by atoms with van der Waals surface area (Å²) < 4.78 is 2.26. The number of hydrogen-bond acceptors (Lipinski definition) is 1. The topological polar surface area (TPSA) is 17.8 Å². The number of hydrogen-bond donors (Lipinski definition) is 0. The van der Waals surface area contributed by atoms with Crippen LogP contribution in [0.15, 0.2) is 91.0 Å². The van der Waals surface area contributed by atoms with Gasteiger partial charge in [0, 0.05) is 11.3 Å². The predicted molar refractivity (Wildman–Crippen MR) is 109 cm³/mol. The molecule has 2 nitrogen and oxygen atoms in total. The average Bonchev–Trinajstić information content (AvgIpc) is 3.08. The van der Waals surface area contributed by atoms with Gasteiger partial charge >= 0.3 is 0 Å². The van der Waals surface area contributed by atoms with Gasteiger partial charge in [0.2, 0.25) is 0 Å². The Hall–Kier alpha value is -3.39. The van der Waals surface area contributed by atoms with E-state index in [-0.39, 0.29) is 0 Å². The number of fused-ring (bicyclic) bond motifs is 2. The number of aromatic nitrogens is 2. The Morgan fingerprint density at radius 3 is 2.19 bits per heavy atom. The number of benzene rings is 4. The van der Waals surface area contributed by atoms with E-state index in [2.05, 4.69) is 90.4 Å². The third kappa shape index (κ3) is 2.23. The molecule has 4 aromatic carbocycles. The van der Waals surface area contributed by atoms with Crippen molar-refractivity contribution in [2.75, 3.05) is 0 Å². The molecule has 1 aromatic heterocycles. The van der Waals surface area contributed by atoms with Crippen LogP contribution in [0, 0.1) is 6.92 Å². The Bertz CT molecular complexity index is 1230. The summed E-state index contributed by atoms with van der Waals surface area (Å²) in [7, 11) is 0. The van der Waals surface area contributed by atoms with E-state index in [1.807, 2.05) is 12.1 Å². The number of imidazole rings is 1. The monoisotopic (exact) mass is 334 g/mol. The summed E-state index contributed by atoms with van der Waals surface area (Å²) in [6.45, 7) is 2.16. The Morgan fingerprint density at radius 1 is 0.654 bits per heavy atom. The van der Waals surface area contributed by atoms with E-state index < -0.39 is 0 Å². The highest BCUT2D eigenvalue weighted by Gasteiger charge is 2.16. The molecule has 0 N–H and O–H groups in total. The van der Waals surface area contributed by atoms with Gasteiger partial charge in [-0.15, -0.1) is 0 Å². The van der Waals surface area contributed by atoms with Crippen LogP contribution in [0.25, 0.3) is 38.9 Å². The molecule has 26 heavy (non-hydrogen) atoms. The normalized spacial score (nSPS) is 11.3. The maximum atomic E-state index is 5.00. The molecule has 0 radical (unpaired) electrons. The van der Waals surface area contributed by atoms with Crippen LogP contribution in [0.2, 0.25) is 0 Å². The van der Waals surface area contributed by atoms with Crippen molar-refractivity contribution in [3.8, 4) is 17.1 Å². The molecule has 5 rings (SSSR count). The van der Waals surface area contributed by atoms with Crippen LogP contribution < -0.4 is 0 Å². The molecule has 124 valence electrons. The largest absolute Gasteiger partial charge is 0.292 e. The molecule has 0 fully saturated rings. The van der Waals surface area contributed by atoms with Crippen LogP contribution in [-0.4, -0.2) is 9.55 Å². The summed E-state index contributed by atoms with van der Waals surface area (Å²) in [5, 5.41) is 2.51. The molecule has 0 aliphatic rings. The minimum atomic E-state index is 0.980. The lowest BCUT2D eigenvalue weighted by Gasteiger charge is -2.12. The standard InChI is InChI=1S/C24H18N2/c1-17-15-16-21(20-12-6-5-11-19(17)20)24-25-22-13-7-8-14-23(22)26(24)18-9-3-2-4-10-18/h2-16H,1H3. The highest BCUT2D eigenvalue weighted by atomic mass is 15.1. The zero-order valence-electron chi connectivity index (χ0n) is 14.6. The molecule has 0 aliphatic carbocycles. The maximum Gasteiger partial charge on any atom is 0.146 e. The van der Waals surface area contributed by atoms with Crippen molar-refractivity contribution in [2.45, 2.75) is 6.92 Å². The van der Waals surface area contributed by atoms with Crippen LogP contribution >= 0.6 is 0 Å². The molecule has 2 heteroatoms. The van der Waals surface area contributed by atoms with E-state index in [0.29, 0.717) is 0 Å². The molecule has 0 amide bonds. The molecule has 0 saturated carbocycles. The Balaban J connectivity index is 1.91. The number of aryl methyl sites for hydroxylation is 1. The molecule has 0 unspecified atom stereocenters. The lowest BCUT2D eigenvalue weighted by molar-refractivity contribution is 1.10. The second kappa shape index (κ2) is 5.85. The average molecular weight is 334 g/mol. The van der Waals surface area contributed by atoms with Gasteiger partial charge in [-0.1, -0.05) is 66.7 Å². The first-order valence-corrected chi connectivity index (χ1v) is 8.84. The van der Waals surface area contributed by atoms with Gasteiger partial charge in [0.1, 0.15) is 5.82 Å². The minimum Gasteiger partial charge on any atom is -0.292 e. The Labute approximate surface area is 152 Å². The first-order valence-electron chi connectivity index (χ1n) is 8.84. The molecule has 0 aliphatic heterocycles. The summed E-state index contributed by atoms with van der Waals surface area (Å²) in [6, 6.07) is 31.7. The van der Waals surface area contributed by atoms with Gasteiger partial charge in [0.15, 0.2) is 0 Å². The fourth-order valence-corrected chi connectivity index (χ4v) is 3.69. The smallest absolute Gasteiger partial charge is 0.146 e.